The summed E-state index contributed by atoms with van der Waals surface area (Å²) in [5.41, 5.74) is 18.7. The topological polar surface area (TPSA) is 124 Å². The summed E-state index contributed by atoms with van der Waals surface area (Å²) in [7, 11) is 5.17. The molecule has 0 aromatic carbocycles. The van der Waals surface area contributed by atoms with Crippen molar-refractivity contribution < 1.29 is 19.6 Å². The first-order chi connectivity index (χ1) is 8.97. The van der Waals surface area contributed by atoms with Crippen LogP contribution in [0.2, 0.25) is 0 Å². The van der Waals surface area contributed by atoms with Crippen molar-refractivity contribution in [1.29, 1.82) is 0 Å². The summed E-state index contributed by atoms with van der Waals surface area (Å²) in [6.07, 6.45) is 0. The molecule has 7 N–H and O–H groups in total. The Morgan fingerprint density at radius 2 is 1.58 bits per heavy atom. The maximum atomic E-state index is 5.56. The molecular weight excluding hydrogens is 254 g/mol. The minimum Gasteiger partial charge on any atom is -0.329 e. The fourth-order valence-electron chi connectivity index (χ4n) is 1.24. The molecule has 0 aromatic heterocycles. The zero-order valence-corrected chi connectivity index (χ0v) is 12.0. The first-order valence-electron chi connectivity index (χ1n) is 6.15. The SMILES string of the molecule is CN(CCN)ONO[N+](C)(CCN)ON(C)CCN. The van der Waals surface area contributed by atoms with E-state index in [4.69, 9.17) is 32.0 Å². The quantitative estimate of drug-likeness (QED) is 0.223. The van der Waals surface area contributed by atoms with Crippen LogP contribution >= 0.6 is 0 Å². The average Bonchev–Trinajstić information content (AvgIpc) is 2.29. The van der Waals surface area contributed by atoms with Gasteiger partial charge in [0.05, 0.1) is 0 Å². The molecule has 1 unspecified atom stereocenters. The van der Waals surface area contributed by atoms with Crippen LogP contribution in [0.3, 0.4) is 0 Å². The molecule has 0 aromatic rings. The fourth-order valence-corrected chi connectivity index (χ4v) is 1.24. The van der Waals surface area contributed by atoms with E-state index in [0.29, 0.717) is 39.3 Å². The third-order valence-corrected chi connectivity index (χ3v) is 2.16. The molecule has 19 heavy (non-hydrogen) atoms. The minimum atomic E-state index is -0.247. The van der Waals surface area contributed by atoms with Crippen LogP contribution in [0.5, 0.6) is 0 Å². The maximum Gasteiger partial charge on any atom is 0.158 e. The molecule has 0 aliphatic heterocycles. The van der Waals surface area contributed by atoms with Gasteiger partial charge in [0.1, 0.15) is 7.05 Å². The van der Waals surface area contributed by atoms with Crippen LogP contribution in [-0.2, 0) is 14.8 Å². The highest BCUT2D eigenvalue weighted by molar-refractivity contribution is 4.35. The van der Waals surface area contributed by atoms with Crippen molar-refractivity contribution in [3.63, 3.8) is 0 Å². The highest BCUT2D eigenvalue weighted by atomic mass is 17.2. The molecule has 0 bridgehead atoms. The molecule has 10 nitrogen and oxygen atoms in total. The summed E-state index contributed by atoms with van der Waals surface area (Å²) in [6.45, 7) is 2.88. The van der Waals surface area contributed by atoms with Crippen LogP contribution in [0, 0.1) is 0 Å². The average molecular weight is 282 g/mol. The molecule has 1 atom stereocenters. The number of rotatable bonds is 12. The molecule has 0 aliphatic carbocycles. The van der Waals surface area contributed by atoms with Crippen molar-refractivity contribution >= 4 is 0 Å². The lowest BCUT2D eigenvalue weighted by molar-refractivity contribution is -1.26. The van der Waals surface area contributed by atoms with Gasteiger partial charge in [0.25, 0.3) is 0 Å². The Hall–Kier alpha value is -0.400. The van der Waals surface area contributed by atoms with Gasteiger partial charge in [-0.1, -0.05) is 4.94 Å². The van der Waals surface area contributed by atoms with Gasteiger partial charge in [-0.2, -0.15) is 10.0 Å². The highest BCUT2D eigenvalue weighted by Crippen LogP contribution is 2.05. The summed E-state index contributed by atoms with van der Waals surface area (Å²) in [5, 5.41) is 3.07. The molecule has 0 rings (SSSR count). The second-order valence-electron chi connectivity index (χ2n) is 4.15. The van der Waals surface area contributed by atoms with Gasteiger partial charge < -0.3 is 17.2 Å². The van der Waals surface area contributed by atoms with Crippen molar-refractivity contribution in [2.24, 2.45) is 17.2 Å². The van der Waals surface area contributed by atoms with Gasteiger partial charge in [0.2, 0.25) is 0 Å². The standard InChI is InChI=1S/C9H28N7O3/c1-14(7-4-10)17-13-18-16(3,9-6-12)19-15(2)8-5-11/h13H,4-12H2,1-3H3/q+1. The first-order valence-corrected chi connectivity index (χ1v) is 6.15. The zero-order chi connectivity index (χ0) is 14.7. The Kier molecular flexibility index (Phi) is 10.2. The van der Waals surface area contributed by atoms with E-state index in [1.54, 1.807) is 26.2 Å². The Labute approximate surface area is 114 Å². The van der Waals surface area contributed by atoms with Gasteiger partial charge >= 0.3 is 0 Å². The smallest absolute Gasteiger partial charge is 0.158 e. The number of likely N-dealkylation sites (N-methyl/N-ethyl adjacent to an activating group) is 3. The largest absolute Gasteiger partial charge is 0.329 e. The number of nitrogens with one attached hydrogen (secondary N) is 1. The molecule has 10 heteroatoms. The molecule has 0 radical (unpaired) electrons. The van der Waals surface area contributed by atoms with Gasteiger partial charge in [-0.15, -0.1) is 5.06 Å². The van der Waals surface area contributed by atoms with E-state index >= 15 is 0 Å². The van der Waals surface area contributed by atoms with E-state index in [1.165, 1.54) is 5.06 Å². The predicted molar refractivity (Wildman–Crippen MR) is 69.9 cm³/mol. The van der Waals surface area contributed by atoms with Crippen molar-refractivity contribution in [2.75, 3.05) is 60.4 Å². The van der Waals surface area contributed by atoms with Crippen molar-refractivity contribution in [3.8, 4) is 0 Å². The van der Waals surface area contributed by atoms with Gasteiger partial charge in [0, 0.05) is 46.8 Å². The van der Waals surface area contributed by atoms with Crippen molar-refractivity contribution in [1.82, 2.24) is 15.8 Å². The summed E-state index contributed by atoms with van der Waals surface area (Å²) < 4.78 is 0. The fraction of sp³-hybridized carbons (Fsp3) is 1.00. The van der Waals surface area contributed by atoms with E-state index < -0.39 is 0 Å². The molecule has 0 amide bonds. The molecule has 0 saturated carbocycles. The molecular formula is C9H28N7O3+. The monoisotopic (exact) mass is 282 g/mol. The Balaban J connectivity index is 4.14. The van der Waals surface area contributed by atoms with E-state index in [0.717, 1.165) is 0 Å². The summed E-state index contributed by atoms with van der Waals surface area (Å²) >= 11 is 0. The van der Waals surface area contributed by atoms with Crippen LogP contribution in [0.15, 0.2) is 0 Å². The molecule has 0 fully saturated rings. The van der Waals surface area contributed by atoms with Crippen LogP contribution in [0.1, 0.15) is 0 Å². The minimum absolute atomic E-state index is 0.247. The second-order valence-corrected chi connectivity index (χ2v) is 4.15. The Bertz CT molecular complexity index is 224. The number of nitrogens with zero attached hydrogens (tertiary/aromatic N) is 3. The van der Waals surface area contributed by atoms with E-state index in [9.17, 15) is 0 Å². The molecule has 116 valence electrons. The van der Waals surface area contributed by atoms with Gasteiger partial charge in [-0.3, -0.25) is 0 Å². The van der Waals surface area contributed by atoms with Crippen LogP contribution in [-0.4, -0.2) is 75.3 Å². The summed E-state index contributed by atoms with van der Waals surface area (Å²) in [6, 6.07) is 0. The number of hydroxylamine groups is 8. The second kappa shape index (κ2) is 10.4. The molecule has 0 aliphatic rings. The third kappa shape index (κ3) is 9.18. The van der Waals surface area contributed by atoms with E-state index in [2.05, 4.69) is 5.64 Å². The number of hydrogen-bond acceptors (Lipinski definition) is 9. The number of hydrogen-bond donors (Lipinski definition) is 4. The zero-order valence-electron chi connectivity index (χ0n) is 12.0. The lowest BCUT2D eigenvalue weighted by atomic mass is 10.6. The lowest BCUT2D eigenvalue weighted by Crippen LogP contribution is -2.54. The predicted octanol–water partition coefficient (Wildman–Crippen LogP) is -2.70. The van der Waals surface area contributed by atoms with Gasteiger partial charge in [-0.05, 0) is 15.4 Å². The Morgan fingerprint density at radius 1 is 1.00 bits per heavy atom. The number of quaternary nitrogens is 1. The number of nitrogens with two attached hydrogens (primary N) is 3. The highest BCUT2D eigenvalue weighted by Gasteiger charge is 2.29. The van der Waals surface area contributed by atoms with Crippen LogP contribution in [0.25, 0.3) is 0 Å². The van der Waals surface area contributed by atoms with Gasteiger partial charge in [0.15, 0.2) is 6.54 Å². The molecule has 0 saturated heterocycles. The van der Waals surface area contributed by atoms with Crippen LogP contribution in [0.4, 0.5) is 0 Å². The van der Waals surface area contributed by atoms with Gasteiger partial charge in [-0.25, -0.2) is 0 Å². The lowest BCUT2D eigenvalue weighted by Gasteiger charge is -2.30. The normalized spacial score (nSPS) is 15.2. The van der Waals surface area contributed by atoms with Crippen molar-refractivity contribution in [3.05, 3.63) is 0 Å². The van der Waals surface area contributed by atoms with E-state index in [1.807, 2.05) is 0 Å². The Morgan fingerprint density at radius 3 is 2.11 bits per heavy atom. The summed E-state index contributed by atoms with van der Waals surface area (Å²) in [4.78, 5) is 15.7. The van der Waals surface area contributed by atoms with E-state index in [-0.39, 0.29) is 4.81 Å². The maximum absolute atomic E-state index is 5.56. The van der Waals surface area contributed by atoms with Crippen molar-refractivity contribution in [2.45, 2.75) is 0 Å². The molecule has 0 spiro atoms. The molecule has 0 heterocycles. The van der Waals surface area contributed by atoms with Crippen LogP contribution < -0.4 is 22.8 Å². The third-order valence-electron chi connectivity index (χ3n) is 2.16. The summed E-state index contributed by atoms with van der Waals surface area (Å²) in [5.74, 6) is 0. The first kappa shape index (κ1) is 18.6.